The second-order valence-corrected chi connectivity index (χ2v) is 8.63. The van der Waals surface area contributed by atoms with Crippen LogP contribution in [0.15, 0.2) is 23.1 Å². The molecule has 0 amide bonds. The maximum atomic E-state index is 15.2. The monoisotopic (exact) mass is 367 g/mol. The molecule has 0 radical (unpaired) electrons. The van der Waals surface area contributed by atoms with Gasteiger partial charge in [0.2, 0.25) is 5.43 Å². The van der Waals surface area contributed by atoms with Gasteiger partial charge in [0.15, 0.2) is 5.54 Å². The van der Waals surface area contributed by atoms with Crippen molar-refractivity contribution in [2.24, 2.45) is 11.8 Å². The summed E-state index contributed by atoms with van der Waals surface area (Å²) in [6, 6.07) is 3.12. The number of aromatic nitrogens is 1. The van der Waals surface area contributed by atoms with Crippen LogP contribution in [0.5, 0.6) is 0 Å². The number of carbonyl (C=O) groups is 1. The Bertz CT molecular complexity index is 1140. The molecule has 27 heavy (non-hydrogen) atoms. The molecule has 2 aliphatic heterocycles. The van der Waals surface area contributed by atoms with Crippen molar-refractivity contribution in [2.45, 2.75) is 49.7 Å². The molecule has 3 saturated carbocycles. The van der Waals surface area contributed by atoms with Gasteiger partial charge in [0, 0.05) is 42.3 Å². The number of pyridine rings is 1. The summed E-state index contributed by atoms with van der Waals surface area (Å²) >= 11 is 0. The van der Waals surface area contributed by atoms with Crippen LogP contribution in [0.2, 0.25) is 0 Å². The van der Waals surface area contributed by atoms with E-state index in [0.29, 0.717) is 17.0 Å². The molecule has 4 unspecified atom stereocenters. The fourth-order valence-electron chi connectivity index (χ4n) is 6.12. The summed E-state index contributed by atoms with van der Waals surface area (Å²) < 4.78 is 18.4. The van der Waals surface area contributed by atoms with Gasteiger partial charge in [-0.2, -0.15) is 0 Å². The smallest absolute Gasteiger partial charge is 0.341 e. The minimum Gasteiger partial charge on any atom is -0.506 e. The highest BCUT2D eigenvalue weighted by Gasteiger charge is 2.72. The molecule has 4 atom stereocenters. The lowest BCUT2D eigenvalue weighted by molar-refractivity contribution is -0.634. The molecular formula is C20H18FN3O3. The molecule has 6 nitrogen and oxygen atoms in total. The predicted octanol–water partition coefficient (Wildman–Crippen LogP) is 3.22. The van der Waals surface area contributed by atoms with Gasteiger partial charge >= 0.3 is 5.97 Å². The predicted molar refractivity (Wildman–Crippen MR) is 93.3 cm³/mol. The molecule has 3 aliphatic carbocycles. The van der Waals surface area contributed by atoms with Gasteiger partial charge in [0.1, 0.15) is 17.4 Å². The quantitative estimate of drug-likeness (QED) is 0.846. The number of fused-ring (bicyclic) bond motifs is 1. The van der Waals surface area contributed by atoms with E-state index in [1.165, 1.54) is 17.0 Å². The Hall–Kier alpha value is -2.57. The zero-order chi connectivity index (χ0) is 18.7. The molecule has 2 saturated heterocycles. The normalized spacial score (nSPS) is 33.5. The molecule has 5 aliphatic rings. The maximum absolute atomic E-state index is 15.2. The highest BCUT2D eigenvalue weighted by Crippen LogP contribution is 2.66. The third-order valence-electron chi connectivity index (χ3n) is 7.39. The molecule has 138 valence electrons. The molecule has 7 heteroatoms. The molecule has 1 aromatic carbocycles. The first-order valence-corrected chi connectivity index (χ1v) is 9.52. The van der Waals surface area contributed by atoms with Crippen LogP contribution in [-0.4, -0.2) is 26.4 Å². The minimum absolute atomic E-state index is 0.101. The van der Waals surface area contributed by atoms with Crippen molar-refractivity contribution in [1.82, 2.24) is 4.57 Å². The van der Waals surface area contributed by atoms with E-state index in [9.17, 15) is 20.2 Å². The molecule has 4 bridgehead atoms. The minimum atomic E-state index is -1.30. The molecule has 5 fully saturated rings. The Morgan fingerprint density at radius 3 is 2.67 bits per heavy atom. The van der Waals surface area contributed by atoms with Crippen molar-refractivity contribution in [3.8, 4) is 0 Å². The van der Waals surface area contributed by atoms with Gasteiger partial charge in [-0.3, -0.25) is 4.79 Å². The molecule has 3 heterocycles. The van der Waals surface area contributed by atoms with E-state index < -0.39 is 22.8 Å². The van der Waals surface area contributed by atoms with Gasteiger partial charge in [-0.25, -0.2) is 9.18 Å². The van der Waals surface area contributed by atoms with E-state index in [2.05, 4.69) is 0 Å². The van der Waals surface area contributed by atoms with Crippen molar-refractivity contribution in [3.63, 3.8) is 0 Å². The number of hydrogen-bond donors (Lipinski definition) is 1. The standard InChI is InChI=1S/C20H18FN3O3/c21-15-5-12-17(23(11-1-2-11)8-13(18(12)25)19(26)27)6-14(15)20-7-9-3-10(20)4-16(9)24(20)22/h5-6,8-11,16H,1-4,7H2,(H,26,27). The van der Waals surface area contributed by atoms with E-state index in [4.69, 9.17) is 0 Å². The van der Waals surface area contributed by atoms with Gasteiger partial charge in [0.05, 0.1) is 11.1 Å². The number of carboxylic acids is 1. The van der Waals surface area contributed by atoms with Crippen LogP contribution < -0.4 is 5.43 Å². The third-order valence-corrected chi connectivity index (χ3v) is 7.39. The Labute approximate surface area is 153 Å². The van der Waals surface area contributed by atoms with Crippen LogP contribution in [0.25, 0.3) is 16.4 Å². The van der Waals surface area contributed by atoms with E-state index in [-0.39, 0.29) is 29.0 Å². The van der Waals surface area contributed by atoms with E-state index in [1.54, 1.807) is 6.07 Å². The van der Waals surface area contributed by atoms with Crippen LogP contribution in [0, 0.1) is 17.7 Å². The molecule has 7 rings (SSSR count). The number of piperidine rings is 1. The Kier molecular flexibility index (Phi) is 2.66. The number of halogens is 1. The Morgan fingerprint density at radius 2 is 2.11 bits per heavy atom. The van der Waals surface area contributed by atoms with E-state index in [1.807, 2.05) is 4.57 Å². The number of benzene rings is 1. The summed E-state index contributed by atoms with van der Waals surface area (Å²) in [5.41, 5.74) is 10.0. The molecular weight excluding hydrogens is 349 g/mol. The van der Waals surface area contributed by atoms with Crippen LogP contribution in [0.3, 0.4) is 0 Å². The third kappa shape index (κ3) is 1.71. The average molecular weight is 367 g/mol. The van der Waals surface area contributed by atoms with Gasteiger partial charge in [-0.05, 0) is 31.4 Å². The lowest BCUT2D eigenvalue weighted by atomic mass is 9.80. The fraction of sp³-hybridized carbons (Fsp3) is 0.500. The Morgan fingerprint density at radius 1 is 1.33 bits per heavy atom. The van der Waals surface area contributed by atoms with Gasteiger partial charge in [0.25, 0.3) is 0 Å². The number of hydrogen-bond acceptors (Lipinski definition) is 2. The molecule has 2 aromatic rings. The summed E-state index contributed by atoms with van der Waals surface area (Å²) in [5, 5.41) is 9.46. The highest BCUT2D eigenvalue weighted by molar-refractivity contribution is 5.93. The summed E-state index contributed by atoms with van der Waals surface area (Å²) in [6.45, 7) is 0. The van der Waals surface area contributed by atoms with E-state index >= 15 is 4.39 Å². The second-order valence-electron chi connectivity index (χ2n) is 8.63. The van der Waals surface area contributed by atoms with Crippen molar-refractivity contribution in [3.05, 3.63) is 51.0 Å². The summed E-state index contributed by atoms with van der Waals surface area (Å²) in [7, 11) is 0. The largest absolute Gasteiger partial charge is 0.506 e. The number of carboxylic acid groups (broad SMARTS) is 1. The average Bonchev–Trinajstić information content (AvgIpc) is 3.12. The topological polar surface area (TPSA) is 84.6 Å². The number of rotatable bonds is 3. The van der Waals surface area contributed by atoms with Crippen molar-refractivity contribution in [1.29, 1.82) is 0 Å². The van der Waals surface area contributed by atoms with Crippen LogP contribution >= 0.6 is 0 Å². The van der Waals surface area contributed by atoms with Crippen LogP contribution in [-0.2, 0) is 5.54 Å². The number of aromatic carboxylic acids is 1. The fourth-order valence-corrected chi connectivity index (χ4v) is 6.12. The second kappa shape index (κ2) is 4.64. The molecule has 1 aromatic heterocycles. The van der Waals surface area contributed by atoms with E-state index in [0.717, 1.165) is 32.1 Å². The Balaban J connectivity index is 1.66. The summed E-state index contributed by atoms with van der Waals surface area (Å²) in [4.78, 5) is 24.1. The van der Waals surface area contributed by atoms with Crippen molar-refractivity contribution in [2.75, 3.05) is 0 Å². The first-order valence-electron chi connectivity index (χ1n) is 9.52. The number of nitrogens with zero attached hydrogens (tertiary/aromatic N) is 3. The van der Waals surface area contributed by atoms with Crippen molar-refractivity contribution >= 4 is 16.9 Å². The van der Waals surface area contributed by atoms with Gasteiger partial charge in [-0.1, -0.05) is 0 Å². The zero-order valence-corrected chi connectivity index (χ0v) is 14.6. The maximum Gasteiger partial charge on any atom is 0.341 e. The van der Waals surface area contributed by atoms with Gasteiger partial charge < -0.3 is 19.9 Å². The zero-order valence-electron chi connectivity index (χ0n) is 14.6. The molecule has 0 spiro atoms. The summed E-state index contributed by atoms with van der Waals surface area (Å²) in [5.74, 6) is -1.20. The van der Waals surface area contributed by atoms with Crippen LogP contribution in [0.1, 0.15) is 54.1 Å². The lowest BCUT2D eigenvalue weighted by Crippen LogP contribution is -2.35. The van der Waals surface area contributed by atoms with Gasteiger partial charge in [-0.15, -0.1) is 0 Å². The SMILES string of the molecule is [N-]=[N+]1C2CC3CC2CC31c1cc2c(cc1F)c(=O)c(C(=O)O)cn2C1CC1. The van der Waals surface area contributed by atoms with Crippen LogP contribution in [0.4, 0.5) is 4.39 Å². The first-order chi connectivity index (χ1) is 12.9. The summed E-state index contributed by atoms with van der Waals surface area (Å²) in [6.07, 6.45) is 5.84. The molecule has 1 N–H and O–H groups in total. The van der Waals surface area contributed by atoms with Crippen molar-refractivity contribution < 1.29 is 19.0 Å². The lowest BCUT2D eigenvalue weighted by Gasteiger charge is -2.28. The highest BCUT2D eigenvalue weighted by atomic mass is 19.1. The first kappa shape index (κ1) is 15.5.